The zero-order chi connectivity index (χ0) is 15.8. The fraction of sp³-hybridized carbons (Fsp3) is 0.588. The lowest BCUT2D eigenvalue weighted by molar-refractivity contribution is -0.123. The Bertz CT molecular complexity index is 458. The first-order chi connectivity index (χ1) is 10.7. The number of nitrogens with two attached hydrogens (primary N) is 1. The second-order valence-electron chi connectivity index (χ2n) is 5.85. The third kappa shape index (κ3) is 7.36. The summed E-state index contributed by atoms with van der Waals surface area (Å²) in [6.07, 6.45) is 2.47. The number of carbonyl (C=O) groups is 1. The summed E-state index contributed by atoms with van der Waals surface area (Å²) in [5.74, 6) is 0.0175. The van der Waals surface area contributed by atoms with Crippen molar-refractivity contribution in [1.29, 1.82) is 0 Å². The van der Waals surface area contributed by atoms with Crippen molar-refractivity contribution in [3.05, 3.63) is 35.9 Å². The Morgan fingerprint density at radius 3 is 2.71 bits per heavy atom. The van der Waals surface area contributed by atoms with Crippen molar-refractivity contribution in [2.45, 2.75) is 38.0 Å². The van der Waals surface area contributed by atoms with E-state index in [9.17, 15) is 4.79 Å². The molecule has 1 heterocycles. The van der Waals surface area contributed by atoms with Crippen LogP contribution in [0.25, 0.3) is 0 Å². The van der Waals surface area contributed by atoms with Gasteiger partial charge in [0, 0.05) is 32.8 Å². The topological polar surface area (TPSA) is 67.6 Å². The fourth-order valence-corrected chi connectivity index (χ4v) is 2.93. The summed E-state index contributed by atoms with van der Waals surface area (Å²) in [5.41, 5.74) is 6.87. The van der Waals surface area contributed by atoms with Crippen LogP contribution in [0.1, 0.15) is 24.8 Å². The van der Waals surface area contributed by atoms with Crippen LogP contribution in [0.4, 0.5) is 0 Å². The average molecular weight is 378 g/mol. The van der Waals surface area contributed by atoms with Gasteiger partial charge in [0.05, 0.1) is 12.5 Å². The number of halogens is 2. The van der Waals surface area contributed by atoms with Gasteiger partial charge >= 0.3 is 0 Å². The molecular weight excluding hydrogens is 349 g/mol. The molecule has 0 aromatic heterocycles. The van der Waals surface area contributed by atoms with Crippen LogP contribution in [0.3, 0.4) is 0 Å². The molecule has 1 saturated heterocycles. The van der Waals surface area contributed by atoms with Crippen molar-refractivity contribution >= 4 is 30.7 Å². The van der Waals surface area contributed by atoms with E-state index in [-0.39, 0.29) is 36.8 Å². The molecule has 1 amide bonds. The summed E-state index contributed by atoms with van der Waals surface area (Å²) in [7, 11) is 1.59. The smallest absolute Gasteiger partial charge is 0.222 e. The first kappa shape index (κ1) is 23.1. The van der Waals surface area contributed by atoms with Gasteiger partial charge in [-0.05, 0) is 24.9 Å². The Morgan fingerprint density at radius 2 is 2.08 bits per heavy atom. The number of rotatable bonds is 8. The maximum atomic E-state index is 11.9. The SMILES string of the molecule is COC(CN)CC(=O)NCC1CCCN1Cc1ccccc1.Cl.Cl. The Kier molecular flexibility index (Phi) is 12.1. The number of hydrogen-bond acceptors (Lipinski definition) is 4. The molecule has 0 spiro atoms. The molecule has 0 bridgehead atoms. The van der Waals surface area contributed by atoms with Crippen LogP contribution in [0.5, 0.6) is 0 Å². The van der Waals surface area contributed by atoms with Gasteiger partial charge in [0.1, 0.15) is 0 Å². The highest BCUT2D eigenvalue weighted by atomic mass is 35.5. The number of nitrogens with zero attached hydrogens (tertiary/aromatic N) is 1. The number of hydrogen-bond donors (Lipinski definition) is 2. The van der Waals surface area contributed by atoms with Crippen LogP contribution in [-0.2, 0) is 16.1 Å². The van der Waals surface area contributed by atoms with Crippen LogP contribution >= 0.6 is 24.8 Å². The van der Waals surface area contributed by atoms with Crippen LogP contribution in [-0.4, -0.2) is 49.7 Å². The van der Waals surface area contributed by atoms with Gasteiger partial charge in [0.15, 0.2) is 0 Å². The van der Waals surface area contributed by atoms with Crippen LogP contribution in [0, 0.1) is 0 Å². The predicted molar refractivity (Wildman–Crippen MR) is 102 cm³/mol. The number of nitrogens with one attached hydrogen (secondary N) is 1. The van der Waals surface area contributed by atoms with Crippen LogP contribution in [0.15, 0.2) is 30.3 Å². The summed E-state index contributed by atoms with van der Waals surface area (Å²) in [5, 5.41) is 3.02. The highest BCUT2D eigenvalue weighted by Gasteiger charge is 2.25. The van der Waals surface area contributed by atoms with Gasteiger partial charge in [0.25, 0.3) is 0 Å². The van der Waals surface area contributed by atoms with Crippen molar-refractivity contribution < 1.29 is 9.53 Å². The van der Waals surface area contributed by atoms with E-state index in [1.165, 1.54) is 12.0 Å². The standard InChI is InChI=1S/C17H27N3O2.2ClH/c1-22-16(11-18)10-17(21)19-12-15-8-5-9-20(15)13-14-6-3-2-4-7-14;;/h2-4,6-7,15-16H,5,8-13,18H2,1H3,(H,19,21);2*1H. The van der Waals surface area contributed by atoms with E-state index in [0.29, 0.717) is 25.6 Å². The maximum Gasteiger partial charge on any atom is 0.222 e. The maximum absolute atomic E-state index is 11.9. The molecule has 24 heavy (non-hydrogen) atoms. The molecular formula is C17H29Cl2N3O2. The van der Waals surface area contributed by atoms with Crippen LogP contribution in [0.2, 0.25) is 0 Å². The van der Waals surface area contributed by atoms with Gasteiger partial charge in [0.2, 0.25) is 5.91 Å². The monoisotopic (exact) mass is 377 g/mol. The molecule has 0 radical (unpaired) electrons. The number of likely N-dealkylation sites (tertiary alicyclic amines) is 1. The Hall–Kier alpha value is -0.850. The first-order valence-electron chi connectivity index (χ1n) is 8.00. The minimum atomic E-state index is -0.191. The first-order valence-corrected chi connectivity index (χ1v) is 8.00. The molecule has 138 valence electrons. The van der Waals surface area contributed by atoms with E-state index in [1.54, 1.807) is 7.11 Å². The Morgan fingerprint density at radius 1 is 1.38 bits per heavy atom. The van der Waals surface area contributed by atoms with Gasteiger partial charge in [-0.15, -0.1) is 24.8 Å². The Balaban J connectivity index is 0.00000264. The third-order valence-corrected chi connectivity index (χ3v) is 4.27. The minimum Gasteiger partial charge on any atom is -0.380 e. The summed E-state index contributed by atoms with van der Waals surface area (Å²) in [6.45, 7) is 3.12. The number of ether oxygens (including phenoxy) is 1. The molecule has 2 atom stereocenters. The van der Waals surface area contributed by atoms with Crippen molar-refractivity contribution in [3.8, 4) is 0 Å². The number of carbonyl (C=O) groups excluding carboxylic acids is 1. The third-order valence-electron chi connectivity index (χ3n) is 4.27. The van der Waals surface area contributed by atoms with Gasteiger partial charge in [-0.25, -0.2) is 0 Å². The van der Waals surface area contributed by atoms with Crippen molar-refractivity contribution in [2.24, 2.45) is 5.73 Å². The second kappa shape index (κ2) is 12.5. The second-order valence-corrected chi connectivity index (χ2v) is 5.85. The van der Waals surface area contributed by atoms with E-state index in [2.05, 4.69) is 34.5 Å². The lowest BCUT2D eigenvalue weighted by Gasteiger charge is -2.25. The zero-order valence-electron chi connectivity index (χ0n) is 14.1. The fourth-order valence-electron chi connectivity index (χ4n) is 2.93. The van der Waals surface area contributed by atoms with Crippen molar-refractivity contribution in [3.63, 3.8) is 0 Å². The Labute approximate surface area is 157 Å². The van der Waals surface area contributed by atoms with E-state index >= 15 is 0 Å². The molecule has 2 unspecified atom stereocenters. The van der Waals surface area contributed by atoms with Gasteiger partial charge in [-0.3, -0.25) is 9.69 Å². The quantitative estimate of drug-likeness (QED) is 0.726. The molecule has 1 aromatic rings. The number of methoxy groups -OCH3 is 1. The van der Waals surface area contributed by atoms with E-state index < -0.39 is 0 Å². The van der Waals surface area contributed by atoms with Crippen molar-refractivity contribution in [1.82, 2.24) is 10.2 Å². The minimum absolute atomic E-state index is 0. The van der Waals surface area contributed by atoms with Gasteiger partial charge in [-0.2, -0.15) is 0 Å². The van der Waals surface area contributed by atoms with Gasteiger partial charge in [-0.1, -0.05) is 30.3 Å². The molecule has 5 nitrogen and oxygen atoms in total. The summed E-state index contributed by atoms with van der Waals surface area (Å²) >= 11 is 0. The normalized spacial score (nSPS) is 18.3. The molecule has 0 saturated carbocycles. The van der Waals surface area contributed by atoms with E-state index in [1.807, 2.05) is 6.07 Å². The van der Waals surface area contributed by atoms with E-state index in [4.69, 9.17) is 10.5 Å². The molecule has 1 fully saturated rings. The highest BCUT2D eigenvalue weighted by Crippen LogP contribution is 2.19. The molecule has 0 aliphatic carbocycles. The lowest BCUT2D eigenvalue weighted by Crippen LogP contribution is -2.41. The molecule has 2 rings (SSSR count). The van der Waals surface area contributed by atoms with E-state index in [0.717, 1.165) is 19.5 Å². The highest BCUT2D eigenvalue weighted by molar-refractivity contribution is 5.85. The summed E-state index contributed by atoms with van der Waals surface area (Å²) in [6, 6.07) is 10.9. The zero-order valence-corrected chi connectivity index (χ0v) is 15.8. The van der Waals surface area contributed by atoms with Gasteiger partial charge < -0.3 is 15.8 Å². The molecule has 3 N–H and O–H groups in total. The molecule has 1 aromatic carbocycles. The predicted octanol–water partition coefficient (Wildman–Crippen LogP) is 1.97. The number of benzene rings is 1. The average Bonchev–Trinajstić information content (AvgIpc) is 2.98. The molecule has 1 aliphatic rings. The van der Waals surface area contributed by atoms with Crippen molar-refractivity contribution in [2.75, 3.05) is 26.7 Å². The van der Waals surface area contributed by atoms with Crippen LogP contribution < -0.4 is 11.1 Å². The molecule has 1 aliphatic heterocycles. The summed E-state index contributed by atoms with van der Waals surface area (Å²) in [4.78, 5) is 14.4. The summed E-state index contributed by atoms with van der Waals surface area (Å²) < 4.78 is 5.15. The lowest BCUT2D eigenvalue weighted by atomic mass is 10.1. The largest absolute Gasteiger partial charge is 0.380 e. The molecule has 7 heteroatoms. The number of amides is 1.